The Balaban J connectivity index is 1.92. The molecule has 0 radical (unpaired) electrons. The van der Waals surface area contributed by atoms with Crippen molar-refractivity contribution in [2.75, 3.05) is 13.2 Å². The predicted molar refractivity (Wildman–Crippen MR) is 48.6 cm³/mol. The molecule has 0 aromatic heterocycles. The van der Waals surface area contributed by atoms with Crippen molar-refractivity contribution in [3.63, 3.8) is 0 Å². The lowest BCUT2D eigenvalue weighted by molar-refractivity contribution is 0.191. The van der Waals surface area contributed by atoms with Crippen LogP contribution in [0.3, 0.4) is 0 Å². The summed E-state index contributed by atoms with van der Waals surface area (Å²) in [6.45, 7) is 0.816. The van der Waals surface area contributed by atoms with Gasteiger partial charge >= 0.3 is 6.09 Å². The molecule has 1 aliphatic rings. The molecule has 3 N–H and O–H groups in total. The molecule has 0 bridgehead atoms. The molecule has 1 fully saturated rings. The highest BCUT2D eigenvalue weighted by atomic mass is 16.4. The molecule has 0 saturated heterocycles. The second kappa shape index (κ2) is 4.46. The van der Waals surface area contributed by atoms with Gasteiger partial charge in [-0.3, -0.25) is 0 Å². The first-order chi connectivity index (χ1) is 6.18. The van der Waals surface area contributed by atoms with Crippen molar-refractivity contribution in [2.24, 2.45) is 5.41 Å². The van der Waals surface area contributed by atoms with Crippen LogP contribution < -0.4 is 5.32 Å². The zero-order chi connectivity index (χ0) is 9.73. The van der Waals surface area contributed by atoms with Crippen molar-refractivity contribution in [3.05, 3.63) is 0 Å². The van der Waals surface area contributed by atoms with E-state index in [1.54, 1.807) is 0 Å². The number of nitrogens with one attached hydrogen (secondary N) is 1. The SMILES string of the molecule is O=C(O)NCCCCC1(CO)CC1. The zero-order valence-electron chi connectivity index (χ0n) is 7.75. The van der Waals surface area contributed by atoms with Gasteiger partial charge in [0.2, 0.25) is 0 Å². The number of aliphatic hydroxyl groups excluding tert-OH is 1. The molecule has 13 heavy (non-hydrogen) atoms. The van der Waals surface area contributed by atoms with Gasteiger partial charge in [0, 0.05) is 13.2 Å². The van der Waals surface area contributed by atoms with Crippen molar-refractivity contribution in [3.8, 4) is 0 Å². The van der Waals surface area contributed by atoms with E-state index in [2.05, 4.69) is 5.32 Å². The van der Waals surface area contributed by atoms with E-state index in [0.717, 1.165) is 32.1 Å². The Hall–Kier alpha value is -0.770. The van der Waals surface area contributed by atoms with Crippen LogP contribution in [0.4, 0.5) is 4.79 Å². The summed E-state index contributed by atoms with van der Waals surface area (Å²) in [6, 6.07) is 0. The molecule has 1 saturated carbocycles. The molecule has 0 atom stereocenters. The van der Waals surface area contributed by atoms with Gasteiger partial charge in [-0.2, -0.15) is 0 Å². The van der Waals surface area contributed by atoms with E-state index in [-0.39, 0.29) is 5.41 Å². The molecule has 4 nitrogen and oxygen atoms in total. The van der Waals surface area contributed by atoms with Crippen LogP contribution >= 0.6 is 0 Å². The molecule has 0 aromatic carbocycles. The van der Waals surface area contributed by atoms with Gasteiger partial charge in [-0.05, 0) is 31.1 Å². The first-order valence-electron chi connectivity index (χ1n) is 4.76. The third kappa shape index (κ3) is 3.63. The highest BCUT2D eigenvalue weighted by Crippen LogP contribution is 2.49. The standard InChI is InChI=1S/C9H17NO3/c11-7-9(4-5-9)3-1-2-6-10-8(12)13/h10-11H,1-7H2,(H,12,13). The van der Waals surface area contributed by atoms with Gasteiger partial charge in [-0.25, -0.2) is 4.79 Å². The Kier molecular flexibility index (Phi) is 3.54. The van der Waals surface area contributed by atoms with E-state index < -0.39 is 6.09 Å². The van der Waals surface area contributed by atoms with Crippen molar-refractivity contribution >= 4 is 6.09 Å². The Morgan fingerprint density at radius 1 is 1.38 bits per heavy atom. The molecule has 76 valence electrons. The van der Waals surface area contributed by atoms with Crippen LogP contribution in [-0.4, -0.2) is 29.5 Å². The minimum Gasteiger partial charge on any atom is -0.465 e. The molecule has 0 aromatic rings. The molecule has 0 heterocycles. The van der Waals surface area contributed by atoms with E-state index in [1.165, 1.54) is 0 Å². The van der Waals surface area contributed by atoms with Crippen molar-refractivity contribution in [1.29, 1.82) is 0 Å². The number of carbonyl (C=O) groups is 1. The van der Waals surface area contributed by atoms with E-state index in [4.69, 9.17) is 10.2 Å². The predicted octanol–water partition coefficient (Wildman–Crippen LogP) is 1.20. The van der Waals surface area contributed by atoms with Crippen LogP contribution in [0.15, 0.2) is 0 Å². The summed E-state index contributed by atoms with van der Waals surface area (Å²) in [5.41, 5.74) is 0.212. The smallest absolute Gasteiger partial charge is 0.404 e. The summed E-state index contributed by atoms with van der Waals surface area (Å²) in [4.78, 5) is 10.1. The maximum atomic E-state index is 10.1. The molecule has 0 unspecified atom stereocenters. The van der Waals surface area contributed by atoms with E-state index in [0.29, 0.717) is 13.2 Å². The summed E-state index contributed by atoms with van der Waals surface area (Å²) in [5.74, 6) is 0. The fraction of sp³-hybridized carbons (Fsp3) is 0.889. The quantitative estimate of drug-likeness (QED) is 0.547. The fourth-order valence-electron chi connectivity index (χ4n) is 1.48. The normalized spacial score (nSPS) is 18.2. The van der Waals surface area contributed by atoms with Crippen molar-refractivity contribution in [2.45, 2.75) is 32.1 Å². The summed E-state index contributed by atoms with van der Waals surface area (Å²) < 4.78 is 0. The summed E-state index contributed by atoms with van der Waals surface area (Å²) in [5, 5.41) is 19.6. The lowest BCUT2D eigenvalue weighted by Gasteiger charge is -2.10. The summed E-state index contributed by atoms with van der Waals surface area (Å²) in [7, 11) is 0. The second-order valence-corrected chi connectivity index (χ2v) is 3.85. The molecule has 0 spiro atoms. The average Bonchev–Trinajstić information content (AvgIpc) is 2.84. The van der Waals surface area contributed by atoms with Gasteiger partial charge in [-0.15, -0.1) is 0 Å². The first-order valence-corrected chi connectivity index (χ1v) is 4.76. The second-order valence-electron chi connectivity index (χ2n) is 3.85. The third-order valence-corrected chi connectivity index (χ3v) is 2.70. The van der Waals surface area contributed by atoms with E-state index in [1.807, 2.05) is 0 Å². The molecular formula is C9H17NO3. The van der Waals surface area contributed by atoms with E-state index >= 15 is 0 Å². The Morgan fingerprint density at radius 2 is 2.08 bits per heavy atom. The first kappa shape index (κ1) is 10.3. The summed E-state index contributed by atoms with van der Waals surface area (Å²) >= 11 is 0. The largest absolute Gasteiger partial charge is 0.465 e. The van der Waals surface area contributed by atoms with Gasteiger partial charge in [-0.1, -0.05) is 6.42 Å². The Morgan fingerprint density at radius 3 is 2.54 bits per heavy atom. The van der Waals surface area contributed by atoms with Gasteiger partial charge in [0.15, 0.2) is 0 Å². The van der Waals surface area contributed by atoms with Crippen molar-refractivity contribution in [1.82, 2.24) is 5.32 Å². The third-order valence-electron chi connectivity index (χ3n) is 2.70. The van der Waals surface area contributed by atoms with Crippen LogP contribution in [0.25, 0.3) is 0 Å². The van der Waals surface area contributed by atoms with Gasteiger partial charge in [0.05, 0.1) is 0 Å². The number of hydrogen-bond donors (Lipinski definition) is 3. The Bertz CT molecular complexity index is 178. The average molecular weight is 187 g/mol. The molecule has 1 amide bonds. The molecule has 1 aliphatic carbocycles. The number of carboxylic acid groups (broad SMARTS) is 1. The molecule has 4 heteroatoms. The number of amides is 1. The highest BCUT2D eigenvalue weighted by molar-refractivity contribution is 5.64. The minimum atomic E-state index is -0.955. The van der Waals surface area contributed by atoms with Crippen LogP contribution in [0, 0.1) is 5.41 Å². The number of hydrogen-bond acceptors (Lipinski definition) is 2. The monoisotopic (exact) mass is 187 g/mol. The fourth-order valence-corrected chi connectivity index (χ4v) is 1.48. The Labute approximate surface area is 78.0 Å². The number of unbranched alkanes of at least 4 members (excludes halogenated alkanes) is 1. The lowest BCUT2D eigenvalue weighted by atomic mass is 10.0. The van der Waals surface area contributed by atoms with Gasteiger partial charge in [0.25, 0.3) is 0 Å². The zero-order valence-corrected chi connectivity index (χ0v) is 7.75. The van der Waals surface area contributed by atoms with Crippen LogP contribution in [0.2, 0.25) is 0 Å². The molecular weight excluding hydrogens is 170 g/mol. The molecule has 1 rings (SSSR count). The van der Waals surface area contributed by atoms with Crippen LogP contribution in [0.1, 0.15) is 32.1 Å². The van der Waals surface area contributed by atoms with Crippen molar-refractivity contribution < 1.29 is 15.0 Å². The van der Waals surface area contributed by atoms with Crippen LogP contribution in [-0.2, 0) is 0 Å². The topological polar surface area (TPSA) is 69.6 Å². The van der Waals surface area contributed by atoms with E-state index in [9.17, 15) is 4.79 Å². The van der Waals surface area contributed by atoms with Gasteiger partial charge in [0.1, 0.15) is 0 Å². The minimum absolute atomic E-state index is 0.212. The molecule has 0 aliphatic heterocycles. The maximum absolute atomic E-state index is 10.1. The number of rotatable bonds is 6. The van der Waals surface area contributed by atoms with Crippen LogP contribution in [0.5, 0.6) is 0 Å². The highest BCUT2D eigenvalue weighted by Gasteiger charge is 2.40. The van der Waals surface area contributed by atoms with Gasteiger partial charge < -0.3 is 15.5 Å². The summed E-state index contributed by atoms with van der Waals surface area (Å²) in [6.07, 6.45) is 4.22. The number of aliphatic hydroxyl groups is 1. The maximum Gasteiger partial charge on any atom is 0.404 e. The lowest BCUT2D eigenvalue weighted by Crippen LogP contribution is -2.22.